The van der Waals surface area contributed by atoms with E-state index in [0.29, 0.717) is 21.2 Å². The van der Waals surface area contributed by atoms with Crippen LogP contribution in [0.3, 0.4) is 0 Å². The third kappa shape index (κ3) is 5.75. The van der Waals surface area contributed by atoms with E-state index in [1.165, 1.54) is 17.4 Å². The van der Waals surface area contributed by atoms with Crippen LogP contribution in [0.2, 0.25) is 5.02 Å². The van der Waals surface area contributed by atoms with Gasteiger partial charge in [0.15, 0.2) is 6.61 Å². The summed E-state index contributed by atoms with van der Waals surface area (Å²) in [6, 6.07) is 8.32. The molecule has 0 saturated heterocycles. The number of nitrogens with one attached hydrogen (secondary N) is 1. The molecule has 166 valence electrons. The molecule has 1 aliphatic carbocycles. The topological polar surface area (TPSA) is 105 Å². The van der Waals surface area contributed by atoms with E-state index in [2.05, 4.69) is 5.32 Å². The van der Waals surface area contributed by atoms with Crippen LogP contribution in [0, 0.1) is 11.3 Å². The maximum absolute atomic E-state index is 12.5. The van der Waals surface area contributed by atoms with Crippen molar-refractivity contribution in [2.75, 3.05) is 18.5 Å². The Labute approximate surface area is 194 Å². The van der Waals surface area contributed by atoms with Crippen molar-refractivity contribution in [3.05, 3.63) is 56.4 Å². The number of aryl methyl sites for hydroxylation is 1. The predicted octanol–water partition coefficient (Wildman–Crippen LogP) is 4.55. The highest BCUT2D eigenvalue weighted by Gasteiger charge is 2.27. The third-order valence-electron chi connectivity index (χ3n) is 4.76. The van der Waals surface area contributed by atoms with Crippen LogP contribution in [-0.4, -0.2) is 31.1 Å². The van der Waals surface area contributed by atoms with Crippen LogP contribution in [0.1, 0.15) is 46.1 Å². The summed E-state index contributed by atoms with van der Waals surface area (Å²) in [6.07, 6.45) is 4.95. The van der Waals surface area contributed by atoms with Crippen LogP contribution in [0.5, 0.6) is 0 Å². The van der Waals surface area contributed by atoms with Gasteiger partial charge in [-0.05, 0) is 61.9 Å². The number of halogens is 1. The van der Waals surface area contributed by atoms with Gasteiger partial charge in [-0.15, -0.1) is 11.3 Å². The number of carbonyl (C=O) groups excluding carboxylic acids is 3. The predicted molar refractivity (Wildman–Crippen MR) is 122 cm³/mol. The van der Waals surface area contributed by atoms with E-state index >= 15 is 0 Å². The fourth-order valence-corrected chi connectivity index (χ4v) is 4.73. The van der Waals surface area contributed by atoms with Crippen molar-refractivity contribution in [1.29, 1.82) is 5.26 Å². The lowest BCUT2D eigenvalue weighted by Crippen LogP contribution is -2.22. The third-order valence-corrected chi connectivity index (χ3v) is 6.22. The average Bonchev–Trinajstić information content (AvgIpc) is 3.15. The summed E-state index contributed by atoms with van der Waals surface area (Å²) in [4.78, 5) is 38.2. The quantitative estimate of drug-likeness (QED) is 0.360. The van der Waals surface area contributed by atoms with E-state index < -0.39 is 24.5 Å². The Morgan fingerprint density at radius 1 is 1.19 bits per heavy atom. The first-order valence-electron chi connectivity index (χ1n) is 10.1. The van der Waals surface area contributed by atoms with Gasteiger partial charge in [0.2, 0.25) is 0 Å². The molecule has 1 aliphatic rings. The van der Waals surface area contributed by atoms with Gasteiger partial charge in [-0.1, -0.05) is 23.7 Å². The summed E-state index contributed by atoms with van der Waals surface area (Å²) in [5, 5.41) is 12.8. The molecule has 0 aliphatic heterocycles. The fourth-order valence-electron chi connectivity index (χ4n) is 3.31. The Morgan fingerprint density at radius 3 is 2.59 bits per heavy atom. The standard InChI is InChI=1S/C23H21ClN2O5S/c1-2-30-23(29)20-17-5-3-4-6-18(17)32-21(20)26-19(27)13-31-22(28)15(12-25)11-14-7-9-16(24)10-8-14/h7-11H,2-6,13H2,1H3,(H,26,27)/b15-11-. The molecule has 0 atom stereocenters. The van der Waals surface area contributed by atoms with Gasteiger partial charge < -0.3 is 14.8 Å². The molecule has 1 N–H and O–H groups in total. The van der Waals surface area contributed by atoms with Crippen molar-refractivity contribution < 1.29 is 23.9 Å². The molecule has 1 aromatic carbocycles. The van der Waals surface area contributed by atoms with Gasteiger partial charge >= 0.3 is 11.9 Å². The number of esters is 2. The summed E-state index contributed by atoms with van der Waals surface area (Å²) in [6.45, 7) is 1.35. The Bertz CT molecular complexity index is 1100. The van der Waals surface area contributed by atoms with Crippen LogP contribution in [0.15, 0.2) is 29.8 Å². The monoisotopic (exact) mass is 472 g/mol. The van der Waals surface area contributed by atoms with E-state index in [0.717, 1.165) is 36.1 Å². The molecule has 2 aromatic rings. The lowest BCUT2D eigenvalue weighted by molar-refractivity contribution is -0.142. The number of amides is 1. The molecule has 1 amide bonds. The molecule has 32 heavy (non-hydrogen) atoms. The van der Waals surface area contributed by atoms with Crippen LogP contribution >= 0.6 is 22.9 Å². The molecule has 0 unspecified atom stereocenters. The number of hydrogen-bond acceptors (Lipinski definition) is 7. The first-order valence-corrected chi connectivity index (χ1v) is 11.3. The molecule has 0 radical (unpaired) electrons. The summed E-state index contributed by atoms with van der Waals surface area (Å²) < 4.78 is 10.2. The van der Waals surface area contributed by atoms with Crippen molar-refractivity contribution in [1.82, 2.24) is 0 Å². The summed E-state index contributed by atoms with van der Waals surface area (Å²) in [7, 11) is 0. The number of fused-ring (bicyclic) bond motifs is 1. The van der Waals surface area contributed by atoms with Crippen molar-refractivity contribution in [2.45, 2.75) is 32.6 Å². The van der Waals surface area contributed by atoms with E-state index in [1.807, 2.05) is 0 Å². The van der Waals surface area contributed by atoms with Crippen molar-refractivity contribution in [3.8, 4) is 6.07 Å². The number of rotatable bonds is 7. The van der Waals surface area contributed by atoms with Crippen molar-refractivity contribution >= 4 is 51.9 Å². The van der Waals surface area contributed by atoms with Gasteiger partial charge in [0, 0.05) is 9.90 Å². The summed E-state index contributed by atoms with van der Waals surface area (Å²) in [5.74, 6) is -2.00. The van der Waals surface area contributed by atoms with Gasteiger partial charge in [-0.25, -0.2) is 9.59 Å². The number of carbonyl (C=O) groups is 3. The Morgan fingerprint density at radius 2 is 1.91 bits per heavy atom. The second-order valence-corrected chi connectivity index (χ2v) is 8.52. The normalized spacial score (nSPS) is 13.0. The minimum Gasteiger partial charge on any atom is -0.462 e. The van der Waals surface area contributed by atoms with E-state index in [4.69, 9.17) is 21.1 Å². The highest BCUT2D eigenvalue weighted by Crippen LogP contribution is 2.38. The molecule has 3 rings (SSSR count). The highest BCUT2D eigenvalue weighted by molar-refractivity contribution is 7.17. The van der Waals surface area contributed by atoms with E-state index in [-0.39, 0.29) is 12.2 Å². The highest BCUT2D eigenvalue weighted by atomic mass is 35.5. The minimum absolute atomic E-state index is 0.228. The number of thiophene rings is 1. The molecular formula is C23H21ClN2O5S. The molecule has 0 saturated carbocycles. The van der Waals surface area contributed by atoms with Crippen LogP contribution in [-0.2, 0) is 31.9 Å². The average molecular weight is 473 g/mol. The number of nitrogens with zero attached hydrogens (tertiary/aromatic N) is 1. The molecule has 1 aromatic heterocycles. The first kappa shape index (κ1) is 23.5. The number of anilines is 1. The molecule has 0 bridgehead atoms. The van der Waals surface area contributed by atoms with Crippen LogP contribution in [0.4, 0.5) is 5.00 Å². The molecule has 7 nitrogen and oxygen atoms in total. The smallest absolute Gasteiger partial charge is 0.349 e. The van der Waals surface area contributed by atoms with E-state index in [1.54, 1.807) is 37.3 Å². The molecule has 0 spiro atoms. The number of nitriles is 1. The zero-order chi connectivity index (χ0) is 23.1. The summed E-state index contributed by atoms with van der Waals surface area (Å²) in [5.41, 5.74) is 1.64. The van der Waals surface area contributed by atoms with Gasteiger partial charge in [-0.2, -0.15) is 5.26 Å². The number of hydrogen-bond donors (Lipinski definition) is 1. The maximum Gasteiger partial charge on any atom is 0.349 e. The largest absolute Gasteiger partial charge is 0.462 e. The van der Waals surface area contributed by atoms with Gasteiger partial charge in [-0.3, -0.25) is 4.79 Å². The second kappa shape index (κ2) is 10.9. The van der Waals surface area contributed by atoms with Crippen molar-refractivity contribution in [2.24, 2.45) is 0 Å². The maximum atomic E-state index is 12.5. The number of benzene rings is 1. The Hall–Kier alpha value is -3.15. The van der Waals surface area contributed by atoms with E-state index in [9.17, 15) is 19.6 Å². The van der Waals surface area contributed by atoms with Crippen molar-refractivity contribution in [3.63, 3.8) is 0 Å². The molecular weight excluding hydrogens is 452 g/mol. The Balaban J connectivity index is 1.67. The summed E-state index contributed by atoms with van der Waals surface area (Å²) >= 11 is 7.17. The van der Waals surface area contributed by atoms with Crippen LogP contribution < -0.4 is 5.32 Å². The van der Waals surface area contributed by atoms with Gasteiger partial charge in [0.25, 0.3) is 5.91 Å². The fraction of sp³-hybridized carbons (Fsp3) is 0.304. The second-order valence-electron chi connectivity index (χ2n) is 6.98. The number of ether oxygens (including phenoxy) is 2. The molecule has 1 heterocycles. The van der Waals surface area contributed by atoms with Gasteiger partial charge in [0.1, 0.15) is 16.6 Å². The zero-order valence-corrected chi connectivity index (χ0v) is 19.0. The lowest BCUT2D eigenvalue weighted by Gasteiger charge is -2.12. The van der Waals surface area contributed by atoms with Crippen LogP contribution in [0.25, 0.3) is 6.08 Å². The minimum atomic E-state index is -0.923. The lowest BCUT2D eigenvalue weighted by atomic mass is 9.95. The van der Waals surface area contributed by atoms with Gasteiger partial charge in [0.05, 0.1) is 12.2 Å². The first-order chi connectivity index (χ1) is 15.4. The Kier molecular flexibility index (Phi) is 8.03. The zero-order valence-electron chi connectivity index (χ0n) is 17.4. The SMILES string of the molecule is CCOC(=O)c1c(NC(=O)COC(=O)/C(C#N)=C\c2ccc(Cl)cc2)sc2c1CCCC2. The molecule has 9 heteroatoms. The molecule has 0 fully saturated rings.